The molecule has 0 heterocycles. The summed E-state index contributed by atoms with van der Waals surface area (Å²) in [5.74, 6) is -1.64. The molecule has 0 atom stereocenters. The van der Waals surface area contributed by atoms with Crippen molar-refractivity contribution in [1.82, 2.24) is 0 Å². The van der Waals surface area contributed by atoms with Crippen LogP contribution in [-0.4, -0.2) is 16.0 Å². The molecule has 0 saturated carbocycles. The predicted molar refractivity (Wildman–Crippen MR) is 36.9 cm³/mol. The van der Waals surface area contributed by atoms with Crippen molar-refractivity contribution in [3.63, 3.8) is 0 Å². The summed E-state index contributed by atoms with van der Waals surface area (Å²) in [6, 6.07) is 0. The third-order valence-corrected chi connectivity index (χ3v) is 1.23. The number of hydrogen-bond donors (Lipinski definition) is 2. The summed E-state index contributed by atoms with van der Waals surface area (Å²) in [6.07, 6.45) is 3.32. The van der Waals surface area contributed by atoms with Crippen LogP contribution >= 0.6 is 0 Å². The van der Waals surface area contributed by atoms with Gasteiger partial charge < -0.3 is 10.2 Å². The lowest BCUT2D eigenvalue weighted by molar-refractivity contribution is -0.123. The quantitative estimate of drug-likeness (QED) is 0.441. The summed E-state index contributed by atoms with van der Waals surface area (Å²) in [7, 11) is 0. The van der Waals surface area contributed by atoms with Crippen LogP contribution in [0.25, 0.3) is 0 Å². The zero-order valence-corrected chi connectivity index (χ0v) is 5.80. The Labute approximate surface area is 55.8 Å². The van der Waals surface area contributed by atoms with Gasteiger partial charge in [-0.05, 0) is 12.5 Å². The zero-order chi connectivity index (χ0) is 7.33. The van der Waals surface area contributed by atoms with E-state index in [2.05, 4.69) is 6.58 Å². The standard InChI is InChI=1S/C7H14O2/c1-3-5-6-7(8,9)4-2/h4,8-9H,2-3,5-6H2,1H3. The van der Waals surface area contributed by atoms with E-state index in [1.165, 1.54) is 0 Å². The van der Waals surface area contributed by atoms with Crippen LogP contribution in [-0.2, 0) is 0 Å². The molecule has 0 aliphatic heterocycles. The molecule has 0 aromatic rings. The van der Waals surface area contributed by atoms with Gasteiger partial charge in [-0.25, -0.2) is 0 Å². The van der Waals surface area contributed by atoms with Gasteiger partial charge in [0.15, 0.2) is 5.79 Å². The van der Waals surface area contributed by atoms with Gasteiger partial charge >= 0.3 is 0 Å². The molecule has 0 aromatic carbocycles. The van der Waals surface area contributed by atoms with Gasteiger partial charge in [0.2, 0.25) is 0 Å². The molecular weight excluding hydrogens is 116 g/mol. The molecular formula is C7H14O2. The van der Waals surface area contributed by atoms with Crippen LogP contribution in [0.15, 0.2) is 12.7 Å². The van der Waals surface area contributed by atoms with Crippen molar-refractivity contribution in [2.24, 2.45) is 0 Å². The topological polar surface area (TPSA) is 40.5 Å². The first-order chi connectivity index (χ1) is 4.12. The van der Waals surface area contributed by atoms with Crippen molar-refractivity contribution in [2.45, 2.75) is 32.0 Å². The average Bonchev–Trinajstić information content (AvgIpc) is 1.84. The zero-order valence-electron chi connectivity index (χ0n) is 5.80. The summed E-state index contributed by atoms with van der Waals surface area (Å²) >= 11 is 0. The Balaban J connectivity index is 3.45. The maximum absolute atomic E-state index is 8.89. The van der Waals surface area contributed by atoms with Crippen LogP contribution in [0.1, 0.15) is 26.2 Å². The molecule has 0 fully saturated rings. The van der Waals surface area contributed by atoms with Gasteiger partial charge in [-0.2, -0.15) is 0 Å². The highest BCUT2D eigenvalue weighted by molar-refractivity contribution is 4.84. The van der Waals surface area contributed by atoms with E-state index in [9.17, 15) is 0 Å². The minimum atomic E-state index is -1.64. The Kier molecular flexibility index (Phi) is 3.50. The van der Waals surface area contributed by atoms with Gasteiger partial charge in [-0.3, -0.25) is 0 Å². The van der Waals surface area contributed by atoms with Crippen LogP contribution in [0.5, 0.6) is 0 Å². The molecule has 2 N–H and O–H groups in total. The van der Waals surface area contributed by atoms with E-state index in [1.54, 1.807) is 0 Å². The van der Waals surface area contributed by atoms with Crippen LogP contribution < -0.4 is 0 Å². The average molecular weight is 130 g/mol. The lowest BCUT2D eigenvalue weighted by atomic mass is 10.1. The van der Waals surface area contributed by atoms with Crippen molar-refractivity contribution in [3.05, 3.63) is 12.7 Å². The van der Waals surface area contributed by atoms with Crippen LogP contribution in [0, 0.1) is 0 Å². The molecule has 2 heteroatoms. The molecule has 0 aliphatic carbocycles. The van der Waals surface area contributed by atoms with Gasteiger partial charge in [-0.1, -0.05) is 19.9 Å². The minimum absolute atomic E-state index is 0.382. The van der Waals surface area contributed by atoms with Crippen LogP contribution in [0.2, 0.25) is 0 Å². The molecule has 9 heavy (non-hydrogen) atoms. The minimum Gasteiger partial charge on any atom is -0.362 e. The molecule has 0 spiro atoms. The van der Waals surface area contributed by atoms with E-state index in [-0.39, 0.29) is 0 Å². The Morgan fingerprint density at radius 2 is 2.11 bits per heavy atom. The first-order valence-electron chi connectivity index (χ1n) is 3.20. The Hall–Kier alpha value is -0.340. The highest BCUT2D eigenvalue weighted by Gasteiger charge is 2.15. The number of unbranched alkanes of at least 4 members (excludes halogenated alkanes) is 1. The summed E-state index contributed by atoms with van der Waals surface area (Å²) in [4.78, 5) is 0. The fourth-order valence-electron chi connectivity index (χ4n) is 0.539. The van der Waals surface area contributed by atoms with Crippen molar-refractivity contribution < 1.29 is 10.2 Å². The maximum atomic E-state index is 8.89. The highest BCUT2D eigenvalue weighted by Crippen LogP contribution is 2.10. The monoisotopic (exact) mass is 130 g/mol. The van der Waals surface area contributed by atoms with Gasteiger partial charge in [0, 0.05) is 6.42 Å². The molecule has 0 aliphatic rings. The van der Waals surface area contributed by atoms with E-state index in [4.69, 9.17) is 10.2 Å². The fourth-order valence-corrected chi connectivity index (χ4v) is 0.539. The second-order valence-electron chi connectivity index (χ2n) is 2.19. The van der Waals surface area contributed by atoms with E-state index >= 15 is 0 Å². The first kappa shape index (κ1) is 8.66. The van der Waals surface area contributed by atoms with Crippen molar-refractivity contribution in [2.75, 3.05) is 0 Å². The van der Waals surface area contributed by atoms with E-state index in [0.29, 0.717) is 6.42 Å². The molecule has 54 valence electrons. The number of aliphatic hydroxyl groups is 2. The summed E-state index contributed by atoms with van der Waals surface area (Å²) in [5.41, 5.74) is 0. The summed E-state index contributed by atoms with van der Waals surface area (Å²) < 4.78 is 0. The Morgan fingerprint density at radius 1 is 1.56 bits per heavy atom. The van der Waals surface area contributed by atoms with E-state index < -0.39 is 5.79 Å². The lowest BCUT2D eigenvalue weighted by Gasteiger charge is -2.15. The third-order valence-electron chi connectivity index (χ3n) is 1.23. The van der Waals surface area contributed by atoms with Crippen molar-refractivity contribution in [3.8, 4) is 0 Å². The van der Waals surface area contributed by atoms with Gasteiger partial charge in [0.05, 0.1) is 0 Å². The Bertz CT molecular complexity index is 86.9. The molecule has 0 unspecified atom stereocenters. The molecule has 0 bridgehead atoms. The van der Waals surface area contributed by atoms with Gasteiger partial charge in [0.1, 0.15) is 0 Å². The third kappa shape index (κ3) is 4.18. The second-order valence-corrected chi connectivity index (χ2v) is 2.19. The lowest BCUT2D eigenvalue weighted by Crippen LogP contribution is -2.23. The van der Waals surface area contributed by atoms with E-state index in [0.717, 1.165) is 18.9 Å². The van der Waals surface area contributed by atoms with Gasteiger partial charge in [-0.15, -0.1) is 0 Å². The number of rotatable bonds is 4. The molecule has 0 rings (SSSR count). The maximum Gasteiger partial charge on any atom is 0.182 e. The van der Waals surface area contributed by atoms with E-state index in [1.807, 2.05) is 6.92 Å². The largest absolute Gasteiger partial charge is 0.362 e. The molecule has 0 aromatic heterocycles. The number of hydrogen-bond acceptors (Lipinski definition) is 2. The second kappa shape index (κ2) is 3.64. The van der Waals surface area contributed by atoms with Gasteiger partial charge in [0.25, 0.3) is 0 Å². The molecule has 0 saturated heterocycles. The first-order valence-corrected chi connectivity index (χ1v) is 3.20. The molecule has 0 amide bonds. The smallest absolute Gasteiger partial charge is 0.182 e. The summed E-state index contributed by atoms with van der Waals surface area (Å²) in [6.45, 7) is 5.28. The highest BCUT2D eigenvalue weighted by atomic mass is 16.5. The molecule has 2 nitrogen and oxygen atoms in total. The summed E-state index contributed by atoms with van der Waals surface area (Å²) in [5, 5.41) is 17.8. The fraction of sp³-hybridized carbons (Fsp3) is 0.714. The van der Waals surface area contributed by atoms with Crippen LogP contribution in [0.3, 0.4) is 0 Å². The van der Waals surface area contributed by atoms with Crippen LogP contribution in [0.4, 0.5) is 0 Å². The molecule has 0 radical (unpaired) electrons. The van der Waals surface area contributed by atoms with Crippen molar-refractivity contribution in [1.29, 1.82) is 0 Å². The predicted octanol–water partition coefficient (Wildman–Crippen LogP) is 1.04. The Morgan fingerprint density at radius 3 is 2.44 bits per heavy atom. The van der Waals surface area contributed by atoms with Crippen molar-refractivity contribution >= 4 is 0 Å². The normalized spacial score (nSPS) is 11.4. The SMILES string of the molecule is C=CC(O)(O)CCCC.